The minimum Gasteiger partial charge on any atom is -0.308 e. The monoisotopic (exact) mass is 280 g/mol. The van der Waals surface area contributed by atoms with Crippen molar-refractivity contribution in [2.24, 2.45) is 0 Å². The van der Waals surface area contributed by atoms with E-state index in [1.165, 1.54) is 6.42 Å². The zero-order valence-electron chi connectivity index (χ0n) is 10.1. The molecule has 2 nitrogen and oxygen atoms in total. The van der Waals surface area contributed by atoms with Gasteiger partial charge in [-0.3, -0.25) is 0 Å². The first-order valence-corrected chi connectivity index (χ1v) is 6.86. The molecule has 1 atom stereocenters. The average molecular weight is 281 g/mol. The van der Waals surface area contributed by atoms with Gasteiger partial charge in [-0.1, -0.05) is 29.3 Å². The van der Waals surface area contributed by atoms with Gasteiger partial charge in [0, 0.05) is 10.9 Å². The average Bonchev–Trinajstić information content (AvgIpc) is 2.77. The lowest BCUT2D eigenvalue weighted by atomic mass is 9.89. The molecule has 1 N–H and O–H groups in total. The quantitative estimate of drug-likeness (QED) is 0.795. The molecule has 94 valence electrons. The number of halogens is 2. The van der Waals surface area contributed by atoms with E-state index in [9.17, 15) is 0 Å². The molecule has 1 aromatic heterocycles. The van der Waals surface area contributed by atoms with Gasteiger partial charge in [-0.25, -0.2) is 4.98 Å². The van der Waals surface area contributed by atoms with Crippen LogP contribution < -0.4 is 5.32 Å². The Morgan fingerprint density at radius 2 is 2.06 bits per heavy atom. The highest BCUT2D eigenvalue weighted by Crippen LogP contribution is 2.38. The highest BCUT2D eigenvalue weighted by Gasteiger charge is 2.32. The smallest absolute Gasteiger partial charge is 0.129 e. The number of nitrogens with one attached hydrogen (secondary N) is 1. The third kappa shape index (κ3) is 1.89. The van der Waals surface area contributed by atoms with Crippen LogP contribution in [0.15, 0.2) is 24.3 Å². The van der Waals surface area contributed by atoms with Gasteiger partial charge in [0.15, 0.2) is 0 Å². The molecule has 3 rings (SSSR count). The van der Waals surface area contributed by atoms with E-state index in [1.807, 2.05) is 12.1 Å². The van der Waals surface area contributed by atoms with E-state index in [1.54, 1.807) is 6.07 Å². The van der Waals surface area contributed by atoms with Crippen molar-refractivity contribution in [1.29, 1.82) is 0 Å². The van der Waals surface area contributed by atoms with Gasteiger partial charge in [0.05, 0.1) is 10.5 Å². The number of rotatable bonds is 1. The molecule has 2 aromatic rings. The second-order valence-corrected chi connectivity index (χ2v) is 5.76. The molecule has 2 heterocycles. The number of aromatic nitrogens is 1. The molecule has 1 aromatic carbocycles. The van der Waals surface area contributed by atoms with Crippen LogP contribution in [0.2, 0.25) is 10.2 Å². The summed E-state index contributed by atoms with van der Waals surface area (Å²) in [4.78, 5) is 4.29. The Morgan fingerprint density at radius 1 is 1.22 bits per heavy atom. The Balaban J connectivity index is 2.20. The standard InChI is InChI=1S/C14H14Cl2N2/c1-14(7-2-8-17-14)10-4-5-11-9(13(10)16)3-6-12(15)18-11/h3-6,17H,2,7-8H2,1H3. The highest BCUT2D eigenvalue weighted by molar-refractivity contribution is 6.36. The molecule has 1 aliphatic rings. The Bertz CT molecular complexity index is 604. The number of pyridine rings is 1. The van der Waals surface area contributed by atoms with Crippen LogP contribution in [-0.2, 0) is 5.54 Å². The van der Waals surface area contributed by atoms with Crippen LogP contribution in [0.4, 0.5) is 0 Å². The number of fused-ring (bicyclic) bond motifs is 1. The SMILES string of the molecule is CC1(c2ccc3nc(Cl)ccc3c2Cl)CCCN1. The van der Waals surface area contributed by atoms with Crippen LogP contribution >= 0.6 is 23.2 Å². The lowest BCUT2D eigenvalue weighted by Gasteiger charge is -2.26. The van der Waals surface area contributed by atoms with Crippen LogP contribution in [0.5, 0.6) is 0 Å². The van der Waals surface area contributed by atoms with Gasteiger partial charge in [0.2, 0.25) is 0 Å². The van der Waals surface area contributed by atoms with Crippen molar-refractivity contribution in [3.63, 3.8) is 0 Å². The van der Waals surface area contributed by atoms with E-state index in [0.29, 0.717) is 5.15 Å². The molecule has 18 heavy (non-hydrogen) atoms. The first-order valence-electron chi connectivity index (χ1n) is 6.10. The van der Waals surface area contributed by atoms with E-state index in [0.717, 1.165) is 34.5 Å². The second kappa shape index (κ2) is 4.37. The summed E-state index contributed by atoms with van der Waals surface area (Å²) in [5, 5.41) is 5.78. The number of benzene rings is 1. The second-order valence-electron chi connectivity index (χ2n) is 4.99. The van der Waals surface area contributed by atoms with Crippen LogP contribution in [-0.4, -0.2) is 11.5 Å². The maximum Gasteiger partial charge on any atom is 0.129 e. The van der Waals surface area contributed by atoms with Gasteiger partial charge in [0.1, 0.15) is 5.15 Å². The van der Waals surface area contributed by atoms with E-state index in [4.69, 9.17) is 23.2 Å². The molecule has 1 unspecified atom stereocenters. The molecule has 1 fully saturated rings. The fourth-order valence-electron chi connectivity index (χ4n) is 2.69. The maximum atomic E-state index is 6.54. The minimum atomic E-state index is -0.0229. The van der Waals surface area contributed by atoms with Gasteiger partial charge in [-0.2, -0.15) is 0 Å². The summed E-state index contributed by atoms with van der Waals surface area (Å²) in [6.07, 6.45) is 2.29. The van der Waals surface area contributed by atoms with Gasteiger partial charge in [-0.05, 0) is 50.1 Å². The minimum absolute atomic E-state index is 0.0229. The summed E-state index contributed by atoms with van der Waals surface area (Å²) in [5.41, 5.74) is 1.97. The zero-order valence-corrected chi connectivity index (χ0v) is 11.6. The summed E-state index contributed by atoms with van der Waals surface area (Å²) in [6, 6.07) is 7.78. The first kappa shape index (κ1) is 12.2. The van der Waals surface area contributed by atoms with Crippen molar-refractivity contribution in [2.45, 2.75) is 25.3 Å². The van der Waals surface area contributed by atoms with E-state index < -0.39 is 0 Å². The topological polar surface area (TPSA) is 24.9 Å². The molecule has 0 aliphatic carbocycles. The van der Waals surface area contributed by atoms with Crippen molar-refractivity contribution < 1.29 is 0 Å². The number of hydrogen-bond acceptors (Lipinski definition) is 2. The molecule has 4 heteroatoms. The summed E-state index contributed by atoms with van der Waals surface area (Å²) >= 11 is 12.4. The predicted octanol–water partition coefficient (Wildman–Crippen LogP) is 4.14. The largest absolute Gasteiger partial charge is 0.308 e. The van der Waals surface area contributed by atoms with E-state index in [-0.39, 0.29) is 5.54 Å². The third-order valence-corrected chi connectivity index (χ3v) is 4.35. The Morgan fingerprint density at radius 3 is 2.78 bits per heavy atom. The molecule has 0 spiro atoms. The molecular formula is C14H14Cl2N2. The molecule has 0 saturated carbocycles. The lowest BCUT2D eigenvalue weighted by molar-refractivity contribution is 0.435. The zero-order chi connectivity index (χ0) is 12.8. The Labute approximate surface area is 116 Å². The summed E-state index contributed by atoms with van der Waals surface area (Å²) in [5.74, 6) is 0. The molecule has 1 aliphatic heterocycles. The van der Waals surface area contributed by atoms with Crippen molar-refractivity contribution in [3.05, 3.63) is 40.0 Å². The highest BCUT2D eigenvalue weighted by atomic mass is 35.5. The first-order chi connectivity index (χ1) is 8.60. The number of hydrogen-bond donors (Lipinski definition) is 1. The molecule has 0 bridgehead atoms. The predicted molar refractivity (Wildman–Crippen MR) is 76.4 cm³/mol. The van der Waals surface area contributed by atoms with Gasteiger partial charge < -0.3 is 5.32 Å². The normalized spacial score (nSPS) is 23.7. The Kier molecular flexibility index (Phi) is 2.97. The lowest BCUT2D eigenvalue weighted by Crippen LogP contribution is -2.33. The molecule has 1 saturated heterocycles. The van der Waals surface area contributed by atoms with Gasteiger partial charge >= 0.3 is 0 Å². The maximum absolute atomic E-state index is 6.54. The van der Waals surface area contributed by atoms with E-state index in [2.05, 4.69) is 23.3 Å². The Hall–Kier alpha value is -0.830. The number of nitrogens with zero attached hydrogens (tertiary/aromatic N) is 1. The fourth-order valence-corrected chi connectivity index (χ4v) is 3.28. The van der Waals surface area contributed by atoms with Crippen molar-refractivity contribution in [1.82, 2.24) is 10.3 Å². The van der Waals surface area contributed by atoms with Gasteiger partial charge in [-0.15, -0.1) is 0 Å². The summed E-state index contributed by atoms with van der Waals surface area (Å²) < 4.78 is 0. The van der Waals surface area contributed by atoms with Crippen LogP contribution in [0, 0.1) is 0 Å². The van der Waals surface area contributed by atoms with Gasteiger partial charge in [0.25, 0.3) is 0 Å². The van der Waals surface area contributed by atoms with Crippen molar-refractivity contribution >= 4 is 34.1 Å². The molecule has 0 amide bonds. The third-order valence-electron chi connectivity index (χ3n) is 3.73. The van der Waals surface area contributed by atoms with E-state index >= 15 is 0 Å². The molecular weight excluding hydrogens is 267 g/mol. The fraction of sp³-hybridized carbons (Fsp3) is 0.357. The van der Waals surface area contributed by atoms with Crippen molar-refractivity contribution in [2.75, 3.05) is 6.54 Å². The van der Waals surface area contributed by atoms with Crippen LogP contribution in [0.25, 0.3) is 10.9 Å². The van der Waals surface area contributed by atoms with Crippen LogP contribution in [0.1, 0.15) is 25.3 Å². The molecule has 0 radical (unpaired) electrons. The van der Waals surface area contributed by atoms with Crippen molar-refractivity contribution in [3.8, 4) is 0 Å². The van der Waals surface area contributed by atoms with Crippen LogP contribution in [0.3, 0.4) is 0 Å². The summed E-state index contributed by atoms with van der Waals surface area (Å²) in [7, 11) is 0. The summed E-state index contributed by atoms with van der Waals surface area (Å²) in [6.45, 7) is 3.25.